The number of halogens is 4. The Bertz CT molecular complexity index is 1040. The molecule has 0 atom stereocenters. The highest BCUT2D eigenvalue weighted by atomic mass is 35.5. The van der Waals surface area contributed by atoms with Crippen LogP contribution >= 0.6 is 11.6 Å². The number of amides is 1. The van der Waals surface area contributed by atoms with Crippen molar-refractivity contribution >= 4 is 23.2 Å². The Balaban J connectivity index is 2.00. The lowest BCUT2D eigenvalue weighted by molar-refractivity contribution is -0.137. The van der Waals surface area contributed by atoms with E-state index in [-0.39, 0.29) is 35.8 Å². The summed E-state index contributed by atoms with van der Waals surface area (Å²) in [5, 5.41) is 6.87. The molecular formula is C20H18ClF3N4O3. The summed E-state index contributed by atoms with van der Waals surface area (Å²) in [4.78, 5) is 15.7. The molecule has 0 aliphatic heterocycles. The molecule has 2 aromatic carbocycles. The number of anilines is 1. The number of benzene rings is 2. The van der Waals surface area contributed by atoms with Crippen LogP contribution in [-0.4, -0.2) is 46.9 Å². The lowest BCUT2D eigenvalue weighted by Crippen LogP contribution is -2.12. The second-order valence-electron chi connectivity index (χ2n) is 6.28. The number of nitrogens with zero attached hydrogens (tertiary/aromatic N) is 3. The lowest BCUT2D eigenvalue weighted by atomic mass is 10.1. The third-order valence-corrected chi connectivity index (χ3v) is 4.31. The molecule has 0 saturated carbocycles. The van der Waals surface area contributed by atoms with Gasteiger partial charge in [0.2, 0.25) is 5.91 Å². The van der Waals surface area contributed by atoms with Gasteiger partial charge in [-0.1, -0.05) is 12.1 Å². The van der Waals surface area contributed by atoms with Crippen LogP contribution in [0.5, 0.6) is 6.01 Å². The van der Waals surface area contributed by atoms with Crippen molar-refractivity contribution in [2.45, 2.75) is 6.18 Å². The zero-order valence-corrected chi connectivity index (χ0v) is 17.1. The molecule has 0 bridgehead atoms. The number of nitrogens with one attached hydrogen (secondary N) is 1. The van der Waals surface area contributed by atoms with Crippen LogP contribution < -0.4 is 10.1 Å². The number of hydrogen-bond acceptors (Lipinski definition) is 5. The molecule has 0 radical (unpaired) electrons. The Labute approximate surface area is 180 Å². The van der Waals surface area contributed by atoms with Gasteiger partial charge in [0.05, 0.1) is 17.9 Å². The van der Waals surface area contributed by atoms with Gasteiger partial charge in [-0.15, -0.1) is 16.7 Å². The van der Waals surface area contributed by atoms with Crippen LogP contribution in [0, 0.1) is 0 Å². The minimum Gasteiger partial charge on any atom is -0.460 e. The highest BCUT2D eigenvalue weighted by Crippen LogP contribution is 2.32. The number of ether oxygens (including phenoxy) is 2. The molecule has 31 heavy (non-hydrogen) atoms. The Morgan fingerprint density at radius 3 is 2.55 bits per heavy atom. The fraction of sp³-hybridized carbons (Fsp3) is 0.250. The quantitative estimate of drug-likeness (QED) is 0.408. The average Bonchev–Trinajstić information content (AvgIpc) is 3.18. The summed E-state index contributed by atoms with van der Waals surface area (Å²) in [5.74, 6) is -0.392. The topological polar surface area (TPSA) is 78.3 Å². The molecule has 1 N–H and O–H groups in total. The Hall–Kier alpha value is -3.11. The van der Waals surface area contributed by atoms with Crippen molar-refractivity contribution in [1.82, 2.24) is 14.8 Å². The Morgan fingerprint density at radius 2 is 1.90 bits per heavy atom. The molecule has 0 spiro atoms. The third kappa shape index (κ3) is 5.74. The van der Waals surface area contributed by atoms with Gasteiger partial charge in [0, 0.05) is 18.4 Å². The summed E-state index contributed by atoms with van der Waals surface area (Å²) in [6.45, 7) is 0.467. The van der Waals surface area contributed by atoms with E-state index in [4.69, 9.17) is 21.1 Å². The number of methoxy groups -OCH3 is 1. The van der Waals surface area contributed by atoms with E-state index in [2.05, 4.69) is 15.4 Å². The molecule has 11 heteroatoms. The minimum atomic E-state index is -4.50. The van der Waals surface area contributed by atoms with Crippen molar-refractivity contribution in [2.75, 3.05) is 31.5 Å². The molecular weight excluding hydrogens is 437 g/mol. The highest BCUT2D eigenvalue weighted by Gasteiger charge is 2.31. The molecule has 3 rings (SSSR count). The predicted molar refractivity (Wildman–Crippen MR) is 109 cm³/mol. The lowest BCUT2D eigenvalue weighted by Gasteiger charge is -2.10. The monoisotopic (exact) mass is 454 g/mol. The Morgan fingerprint density at radius 1 is 1.16 bits per heavy atom. The van der Waals surface area contributed by atoms with E-state index in [0.717, 1.165) is 12.1 Å². The van der Waals surface area contributed by atoms with E-state index in [1.807, 2.05) is 0 Å². The van der Waals surface area contributed by atoms with Crippen LogP contribution in [0.1, 0.15) is 5.56 Å². The van der Waals surface area contributed by atoms with Gasteiger partial charge >= 0.3 is 12.2 Å². The van der Waals surface area contributed by atoms with Crippen molar-refractivity contribution < 1.29 is 27.4 Å². The third-order valence-electron chi connectivity index (χ3n) is 4.07. The Kier molecular flexibility index (Phi) is 7.13. The summed E-state index contributed by atoms with van der Waals surface area (Å²) in [5.41, 5.74) is 0.418. The van der Waals surface area contributed by atoms with Crippen molar-refractivity contribution in [2.24, 2.45) is 0 Å². The smallest absolute Gasteiger partial charge is 0.416 e. The van der Waals surface area contributed by atoms with E-state index >= 15 is 0 Å². The number of aromatic nitrogens is 3. The molecule has 1 aromatic heterocycles. The van der Waals surface area contributed by atoms with Crippen molar-refractivity contribution in [1.29, 1.82) is 0 Å². The van der Waals surface area contributed by atoms with Crippen LogP contribution in [0.2, 0.25) is 0 Å². The molecule has 0 aliphatic rings. The van der Waals surface area contributed by atoms with E-state index in [0.29, 0.717) is 18.0 Å². The molecule has 3 aromatic rings. The molecule has 0 fully saturated rings. The van der Waals surface area contributed by atoms with Crippen LogP contribution in [-0.2, 0) is 15.7 Å². The maximum Gasteiger partial charge on any atom is 0.416 e. The molecule has 7 nitrogen and oxygen atoms in total. The van der Waals surface area contributed by atoms with Crippen LogP contribution in [0.3, 0.4) is 0 Å². The maximum atomic E-state index is 13.2. The number of carbonyl (C=O) groups excluding carboxylic acids is 1. The summed E-state index contributed by atoms with van der Waals surface area (Å²) < 4.78 is 51.2. The van der Waals surface area contributed by atoms with E-state index < -0.39 is 11.7 Å². The second-order valence-corrected chi connectivity index (χ2v) is 6.55. The molecule has 1 amide bonds. The molecule has 0 unspecified atom stereocenters. The molecule has 0 saturated heterocycles. The number of rotatable bonds is 8. The number of alkyl halides is 4. The van der Waals surface area contributed by atoms with Crippen molar-refractivity contribution in [3.8, 4) is 23.1 Å². The SMILES string of the molecule is COCCOc1nc(-c2cccc(C(F)(F)F)c2)n(-c2ccc(NC(=O)CCl)cc2)n1. The zero-order chi connectivity index (χ0) is 22.4. The summed E-state index contributed by atoms with van der Waals surface area (Å²) in [6, 6.07) is 11.3. The normalized spacial score (nSPS) is 11.4. The minimum absolute atomic E-state index is 0.0102. The number of hydrogen-bond donors (Lipinski definition) is 1. The van der Waals surface area contributed by atoms with Gasteiger partial charge < -0.3 is 14.8 Å². The van der Waals surface area contributed by atoms with Gasteiger partial charge in [-0.25, -0.2) is 4.68 Å². The maximum absolute atomic E-state index is 13.2. The van der Waals surface area contributed by atoms with Gasteiger partial charge in [0.15, 0.2) is 5.82 Å². The van der Waals surface area contributed by atoms with Crippen molar-refractivity contribution in [3.63, 3.8) is 0 Å². The van der Waals surface area contributed by atoms with E-state index in [1.54, 1.807) is 24.3 Å². The second kappa shape index (κ2) is 9.80. The predicted octanol–water partition coefficient (Wildman–Crippen LogP) is 4.16. The van der Waals surface area contributed by atoms with Gasteiger partial charge in [-0.05, 0) is 36.4 Å². The van der Waals surface area contributed by atoms with E-state index in [9.17, 15) is 18.0 Å². The zero-order valence-electron chi connectivity index (χ0n) is 16.3. The summed E-state index contributed by atoms with van der Waals surface area (Å²) in [7, 11) is 1.51. The largest absolute Gasteiger partial charge is 0.460 e. The fourth-order valence-electron chi connectivity index (χ4n) is 2.65. The standard InChI is InChI=1S/C20H18ClF3N4O3/c1-30-9-10-31-19-26-18(13-3-2-4-14(11-13)20(22,23)24)28(27-19)16-7-5-15(6-8-16)25-17(29)12-21/h2-8,11H,9-10,12H2,1H3,(H,25,29). The van der Waals surface area contributed by atoms with Crippen LogP contribution in [0.4, 0.5) is 18.9 Å². The van der Waals surface area contributed by atoms with Gasteiger partial charge in [0.1, 0.15) is 12.5 Å². The first-order valence-electron chi connectivity index (χ1n) is 9.04. The first kappa shape index (κ1) is 22.6. The van der Waals surface area contributed by atoms with Gasteiger partial charge in [-0.3, -0.25) is 4.79 Å². The fourth-order valence-corrected chi connectivity index (χ4v) is 2.72. The molecule has 0 aliphatic carbocycles. The summed E-state index contributed by atoms with van der Waals surface area (Å²) >= 11 is 5.48. The van der Waals surface area contributed by atoms with Crippen LogP contribution in [0.25, 0.3) is 17.1 Å². The van der Waals surface area contributed by atoms with Crippen molar-refractivity contribution in [3.05, 3.63) is 54.1 Å². The van der Waals surface area contributed by atoms with Crippen LogP contribution in [0.15, 0.2) is 48.5 Å². The van der Waals surface area contributed by atoms with Gasteiger partial charge in [0.25, 0.3) is 0 Å². The number of carbonyl (C=O) groups is 1. The van der Waals surface area contributed by atoms with Gasteiger partial charge in [-0.2, -0.15) is 18.2 Å². The van der Waals surface area contributed by atoms with E-state index in [1.165, 1.54) is 23.9 Å². The molecule has 164 valence electrons. The first-order valence-corrected chi connectivity index (χ1v) is 9.58. The average molecular weight is 455 g/mol. The highest BCUT2D eigenvalue weighted by molar-refractivity contribution is 6.29. The summed E-state index contributed by atoms with van der Waals surface area (Å²) in [6.07, 6.45) is -4.50. The molecule has 1 heterocycles. The first-order chi connectivity index (χ1) is 14.8.